The second-order valence-corrected chi connectivity index (χ2v) is 6.76. The minimum absolute atomic E-state index is 0.0289. The largest absolute Gasteiger partial charge is 0.465 e. The molecule has 0 spiro atoms. The molecule has 0 saturated heterocycles. The number of hydrogen-bond acceptors (Lipinski definition) is 6. The number of aryl methyl sites for hydroxylation is 2. The number of methoxy groups -OCH3 is 1. The number of fused-ring (bicyclic) bond motifs is 1. The highest BCUT2D eigenvalue weighted by molar-refractivity contribution is 7.12. The van der Waals surface area contributed by atoms with Crippen LogP contribution in [0.3, 0.4) is 0 Å². The summed E-state index contributed by atoms with van der Waals surface area (Å²) in [5.74, 6) is -0.390. The molecule has 2 N–H and O–H groups in total. The molecule has 1 aliphatic rings. The lowest BCUT2D eigenvalue weighted by atomic mass is 9.86. The number of carbonyl (C=O) groups excluding carboxylic acids is 1. The predicted octanol–water partition coefficient (Wildman–Crippen LogP) is 3.37. The average Bonchev–Trinajstić information content (AvgIpc) is 2.89. The Morgan fingerprint density at radius 1 is 1.38 bits per heavy atom. The fourth-order valence-electron chi connectivity index (χ4n) is 2.94. The van der Waals surface area contributed by atoms with Crippen LogP contribution in [-0.4, -0.2) is 13.1 Å². The Hall–Kier alpha value is -2.78. The van der Waals surface area contributed by atoms with Crippen molar-refractivity contribution < 1.29 is 14.3 Å². The van der Waals surface area contributed by atoms with Crippen LogP contribution >= 0.6 is 11.3 Å². The van der Waals surface area contributed by atoms with Gasteiger partial charge < -0.3 is 15.2 Å². The Morgan fingerprint density at radius 2 is 2.08 bits per heavy atom. The molecule has 0 bridgehead atoms. The molecule has 6 heteroatoms. The zero-order valence-electron chi connectivity index (χ0n) is 13.5. The van der Waals surface area contributed by atoms with Crippen LogP contribution in [0.5, 0.6) is 5.75 Å². The Labute approximate surface area is 143 Å². The maximum atomic E-state index is 12.1. The molecular weight excluding hydrogens is 324 g/mol. The van der Waals surface area contributed by atoms with Crippen molar-refractivity contribution in [1.29, 1.82) is 5.26 Å². The first-order valence-electron chi connectivity index (χ1n) is 7.34. The molecule has 0 aliphatic carbocycles. The van der Waals surface area contributed by atoms with Crippen molar-refractivity contribution in [3.63, 3.8) is 0 Å². The third-order valence-electron chi connectivity index (χ3n) is 4.10. The number of benzene rings is 1. The second kappa shape index (κ2) is 6.02. The number of nitrogens with zero attached hydrogens (tertiary/aromatic N) is 1. The van der Waals surface area contributed by atoms with E-state index in [0.29, 0.717) is 16.9 Å². The summed E-state index contributed by atoms with van der Waals surface area (Å²) in [7, 11) is 1.33. The van der Waals surface area contributed by atoms with Gasteiger partial charge in [-0.05, 0) is 25.0 Å². The molecule has 1 atom stereocenters. The smallest absolute Gasteiger partial charge is 0.342 e. The molecule has 0 radical (unpaired) electrons. The lowest BCUT2D eigenvalue weighted by Crippen LogP contribution is -2.21. The van der Waals surface area contributed by atoms with Gasteiger partial charge in [-0.1, -0.05) is 24.3 Å². The fourth-order valence-corrected chi connectivity index (χ4v) is 4.15. The van der Waals surface area contributed by atoms with E-state index in [-0.39, 0.29) is 11.8 Å². The predicted molar refractivity (Wildman–Crippen MR) is 90.9 cm³/mol. The summed E-state index contributed by atoms with van der Waals surface area (Å²) in [6, 6.07) is 9.97. The fraction of sp³-hybridized carbons (Fsp3) is 0.222. The van der Waals surface area contributed by atoms with E-state index in [1.54, 1.807) is 0 Å². The van der Waals surface area contributed by atoms with Crippen LogP contribution in [0, 0.1) is 25.2 Å². The highest BCUT2D eigenvalue weighted by Gasteiger charge is 2.37. The molecule has 1 aliphatic heterocycles. The molecule has 5 nitrogen and oxygen atoms in total. The quantitative estimate of drug-likeness (QED) is 0.847. The molecule has 3 rings (SSSR count). The van der Waals surface area contributed by atoms with Crippen LogP contribution < -0.4 is 10.5 Å². The van der Waals surface area contributed by atoms with Crippen molar-refractivity contribution >= 4 is 17.3 Å². The van der Waals surface area contributed by atoms with E-state index < -0.39 is 5.97 Å². The maximum Gasteiger partial charge on any atom is 0.342 e. The summed E-state index contributed by atoms with van der Waals surface area (Å²) < 4.78 is 10.5. The number of ether oxygens (including phenoxy) is 2. The second-order valence-electron chi connectivity index (χ2n) is 5.50. The van der Waals surface area contributed by atoms with Gasteiger partial charge in [0.15, 0.2) is 5.75 Å². The van der Waals surface area contributed by atoms with Crippen molar-refractivity contribution in [2.45, 2.75) is 19.8 Å². The molecule has 1 aromatic heterocycles. The molecule has 1 aromatic carbocycles. The Kier molecular flexibility index (Phi) is 4.04. The van der Waals surface area contributed by atoms with Gasteiger partial charge in [-0.15, -0.1) is 11.3 Å². The summed E-state index contributed by atoms with van der Waals surface area (Å²) >= 11 is 1.43. The lowest BCUT2D eigenvalue weighted by Gasteiger charge is -2.25. The van der Waals surface area contributed by atoms with Gasteiger partial charge in [-0.2, -0.15) is 5.26 Å². The van der Waals surface area contributed by atoms with Crippen LogP contribution in [0.2, 0.25) is 0 Å². The first-order valence-corrected chi connectivity index (χ1v) is 8.16. The van der Waals surface area contributed by atoms with E-state index >= 15 is 0 Å². The first kappa shape index (κ1) is 16.1. The number of nitrogens with two attached hydrogens (primary N) is 1. The summed E-state index contributed by atoms with van der Waals surface area (Å²) in [6.07, 6.45) is 0. The zero-order valence-corrected chi connectivity index (χ0v) is 14.4. The lowest BCUT2D eigenvalue weighted by molar-refractivity contribution is 0.0597. The van der Waals surface area contributed by atoms with Crippen molar-refractivity contribution in [2.24, 2.45) is 5.73 Å². The minimum atomic E-state index is -0.471. The van der Waals surface area contributed by atoms with Gasteiger partial charge in [0.1, 0.15) is 17.2 Å². The van der Waals surface area contributed by atoms with Gasteiger partial charge >= 0.3 is 5.97 Å². The number of rotatable bonds is 2. The summed E-state index contributed by atoms with van der Waals surface area (Å²) in [5.41, 5.74) is 8.73. The van der Waals surface area contributed by atoms with Crippen LogP contribution in [0.25, 0.3) is 0 Å². The highest BCUT2D eigenvalue weighted by Crippen LogP contribution is 2.49. The van der Waals surface area contributed by atoms with E-state index in [9.17, 15) is 10.1 Å². The monoisotopic (exact) mass is 340 g/mol. The highest BCUT2D eigenvalue weighted by atomic mass is 32.1. The molecule has 0 fully saturated rings. The zero-order chi connectivity index (χ0) is 17.4. The van der Waals surface area contributed by atoms with Crippen LogP contribution in [0.1, 0.15) is 37.2 Å². The van der Waals surface area contributed by atoms with E-state index in [0.717, 1.165) is 20.9 Å². The Bertz CT molecular complexity index is 905. The Morgan fingerprint density at radius 3 is 2.71 bits per heavy atom. The normalized spacial score (nSPS) is 16.2. The third kappa shape index (κ3) is 2.34. The van der Waals surface area contributed by atoms with Gasteiger partial charge in [0, 0.05) is 4.88 Å². The third-order valence-corrected chi connectivity index (χ3v) is 5.26. The minimum Gasteiger partial charge on any atom is -0.465 e. The maximum absolute atomic E-state index is 12.1. The van der Waals surface area contributed by atoms with Gasteiger partial charge in [-0.25, -0.2) is 4.79 Å². The standard InChI is InChI=1S/C18H16N2O3S/c1-9-6-4-5-7-11(9)14-12(8-19)17(20)23-15-13(18(21)22-3)10(2)24-16(14)15/h4-7,14H,20H2,1-3H3. The molecule has 122 valence electrons. The molecule has 2 aromatic rings. The Balaban J connectivity index is 2.29. The number of thiophene rings is 1. The molecule has 24 heavy (non-hydrogen) atoms. The molecule has 2 heterocycles. The first-order chi connectivity index (χ1) is 11.5. The average molecular weight is 340 g/mol. The summed E-state index contributed by atoms with van der Waals surface area (Å²) in [5, 5.41) is 9.59. The van der Waals surface area contributed by atoms with Crippen molar-refractivity contribution in [1.82, 2.24) is 0 Å². The topological polar surface area (TPSA) is 85.3 Å². The van der Waals surface area contributed by atoms with Crippen molar-refractivity contribution in [3.05, 3.63) is 62.2 Å². The van der Waals surface area contributed by atoms with Gasteiger partial charge in [0.05, 0.1) is 17.9 Å². The summed E-state index contributed by atoms with van der Waals surface area (Å²) in [4.78, 5) is 13.7. The van der Waals surface area contributed by atoms with Crippen LogP contribution in [-0.2, 0) is 4.74 Å². The summed E-state index contributed by atoms with van der Waals surface area (Å²) in [6.45, 7) is 3.81. The molecular formula is C18H16N2O3S. The van der Waals surface area contributed by atoms with Gasteiger partial charge in [0.25, 0.3) is 0 Å². The number of allylic oxidation sites excluding steroid dienone is 1. The molecule has 0 amide bonds. The van der Waals surface area contributed by atoms with E-state index in [4.69, 9.17) is 15.2 Å². The van der Waals surface area contributed by atoms with Crippen molar-refractivity contribution in [3.8, 4) is 11.8 Å². The van der Waals surface area contributed by atoms with Gasteiger partial charge in [0.2, 0.25) is 5.88 Å². The van der Waals surface area contributed by atoms with E-state index in [1.165, 1.54) is 18.4 Å². The molecule has 1 unspecified atom stereocenters. The number of hydrogen-bond donors (Lipinski definition) is 1. The van der Waals surface area contributed by atoms with Gasteiger partial charge in [-0.3, -0.25) is 0 Å². The van der Waals surface area contributed by atoms with E-state index in [2.05, 4.69) is 6.07 Å². The van der Waals surface area contributed by atoms with Crippen LogP contribution in [0.15, 0.2) is 35.7 Å². The number of esters is 1. The number of nitriles is 1. The van der Waals surface area contributed by atoms with E-state index in [1.807, 2.05) is 38.1 Å². The van der Waals surface area contributed by atoms with Crippen LogP contribution in [0.4, 0.5) is 0 Å². The van der Waals surface area contributed by atoms with Crippen molar-refractivity contribution in [2.75, 3.05) is 7.11 Å². The molecule has 0 saturated carbocycles. The number of carbonyl (C=O) groups is 1. The SMILES string of the molecule is COC(=O)c1c(C)sc2c1OC(N)=C(C#N)C2c1ccccc1C.